The lowest BCUT2D eigenvalue weighted by Gasteiger charge is -2.09. The Labute approximate surface area is 116 Å². The van der Waals surface area contributed by atoms with Crippen molar-refractivity contribution in [2.24, 2.45) is 0 Å². The fourth-order valence-electron chi connectivity index (χ4n) is 1.45. The molecule has 0 bridgehead atoms. The van der Waals surface area contributed by atoms with Crippen molar-refractivity contribution in [2.75, 3.05) is 5.73 Å². The lowest BCUT2D eigenvalue weighted by atomic mass is 10.2. The maximum atomic E-state index is 13.5. The van der Waals surface area contributed by atoms with Gasteiger partial charge in [-0.3, -0.25) is 0 Å². The van der Waals surface area contributed by atoms with Crippen LogP contribution in [0.15, 0.2) is 34.8 Å². The molecule has 0 aliphatic heterocycles. The zero-order chi connectivity index (χ0) is 14.0. The Morgan fingerprint density at radius 2 is 1.79 bits per heavy atom. The van der Waals surface area contributed by atoms with E-state index in [2.05, 4.69) is 15.9 Å². The highest BCUT2D eigenvalue weighted by atomic mass is 79.9. The molecule has 2 rings (SSSR count). The number of nitrogen functional groups attached to an aromatic ring is 1. The zero-order valence-corrected chi connectivity index (χ0v) is 11.2. The van der Waals surface area contributed by atoms with Crippen LogP contribution >= 0.6 is 15.9 Å². The van der Waals surface area contributed by atoms with Crippen molar-refractivity contribution < 1.29 is 17.9 Å². The van der Waals surface area contributed by atoms with Gasteiger partial charge in [-0.05, 0) is 12.1 Å². The molecular formula is C13H9BrF3NO. The van der Waals surface area contributed by atoms with Crippen LogP contribution < -0.4 is 10.5 Å². The summed E-state index contributed by atoms with van der Waals surface area (Å²) in [6.07, 6.45) is 0. The number of hydrogen-bond donors (Lipinski definition) is 1. The van der Waals surface area contributed by atoms with Gasteiger partial charge in [0.05, 0.1) is 5.69 Å². The molecule has 0 unspecified atom stereocenters. The van der Waals surface area contributed by atoms with Gasteiger partial charge in [0, 0.05) is 22.2 Å². The molecule has 0 aliphatic rings. The quantitative estimate of drug-likeness (QED) is 0.862. The van der Waals surface area contributed by atoms with Crippen LogP contribution in [0.3, 0.4) is 0 Å². The van der Waals surface area contributed by atoms with Gasteiger partial charge in [-0.15, -0.1) is 0 Å². The number of benzene rings is 2. The van der Waals surface area contributed by atoms with Crippen LogP contribution in [0.5, 0.6) is 5.75 Å². The standard InChI is InChI=1S/C13H9BrF3NO/c14-9-3-8(15)2-1-7(9)6-19-13-5-10(16)12(18)4-11(13)17/h1-5H,6,18H2. The first-order chi connectivity index (χ1) is 8.97. The summed E-state index contributed by atoms with van der Waals surface area (Å²) in [7, 11) is 0. The summed E-state index contributed by atoms with van der Waals surface area (Å²) in [5.41, 5.74) is 5.54. The summed E-state index contributed by atoms with van der Waals surface area (Å²) < 4.78 is 45.2. The first-order valence-corrected chi connectivity index (χ1v) is 6.08. The first kappa shape index (κ1) is 13.7. The summed E-state index contributed by atoms with van der Waals surface area (Å²) in [5.74, 6) is -2.16. The zero-order valence-electron chi connectivity index (χ0n) is 9.59. The second kappa shape index (κ2) is 5.52. The SMILES string of the molecule is Nc1cc(F)c(OCc2ccc(F)cc2Br)cc1F. The fourth-order valence-corrected chi connectivity index (χ4v) is 1.91. The Hall–Kier alpha value is -1.69. The molecule has 6 heteroatoms. The number of halogens is 4. The lowest BCUT2D eigenvalue weighted by molar-refractivity contribution is 0.288. The van der Waals surface area contributed by atoms with Crippen LogP contribution in [-0.4, -0.2) is 0 Å². The summed E-state index contributed by atoms with van der Waals surface area (Å²) in [5, 5.41) is 0. The number of ether oxygens (including phenoxy) is 1. The van der Waals surface area contributed by atoms with E-state index in [1.165, 1.54) is 18.2 Å². The Morgan fingerprint density at radius 3 is 2.47 bits per heavy atom. The van der Waals surface area contributed by atoms with Crippen LogP contribution in [0.25, 0.3) is 0 Å². The van der Waals surface area contributed by atoms with Crippen molar-refractivity contribution in [2.45, 2.75) is 6.61 Å². The van der Waals surface area contributed by atoms with Gasteiger partial charge in [0.1, 0.15) is 18.2 Å². The maximum absolute atomic E-state index is 13.5. The highest BCUT2D eigenvalue weighted by Gasteiger charge is 2.10. The summed E-state index contributed by atoms with van der Waals surface area (Å²) in [6, 6.07) is 5.74. The highest BCUT2D eigenvalue weighted by molar-refractivity contribution is 9.10. The molecule has 2 aromatic rings. The highest BCUT2D eigenvalue weighted by Crippen LogP contribution is 2.25. The van der Waals surface area contributed by atoms with E-state index in [9.17, 15) is 13.2 Å². The van der Waals surface area contributed by atoms with Crippen LogP contribution in [0.1, 0.15) is 5.56 Å². The molecule has 100 valence electrons. The monoisotopic (exact) mass is 331 g/mol. The van der Waals surface area contributed by atoms with Gasteiger partial charge in [-0.1, -0.05) is 22.0 Å². The molecule has 0 spiro atoms. The molecule has 2 nitrogen and oxygen atoms in total. The van der Waals surface area contributed by atoms with Crippen LogP contribution in [0.4, 0.5) is 18.9 Å². The fraction of sp³-hybridized carbons (Fsp3) is 0.0769. The van der Waals surface area contributed by atoms with Crippen LogP contribution in [-0.2, 0) is 6.61 Å². The number of anilines is 1. The van der Waals surface area contributed by atoms with Gasteiger partial charge < -0.3 is 10.5 Å². The molecule has 0 aliphatic carbocycles. The van der Waals surface area contributed by atoms with Gasteiger partial charge in [0.25, 0.3) is 0 Å². The number of hydrogen-bond acceptors (Lipinski definition) is 2. The maximum Gasteiger partial charge on any atom is 0.167 e. The van der Waals surface area contributed by atoms with E-state index in [1.807, 2.05) is 0 Å². The Bertz CT molecular complexity index is 619. The molecule has 0 heterocycles. The molecule has 0 saturated carbocycles. The van der Waals surface area contributed by atoms with E-state index in [0.29, 0.717) is 10.0 Å². The molecule has 2 N–H and O–H groups in total. The molecule has 0 saturated heterocycles. The van der Waals surface area contributed by atoms with E-state index >= 15 is 0 Å². The molecule has 0 aromatic heterocycles. The Balaban J connectivity index is 2.16. The smallest absolute Gasteiger partial charge is 0.167 e. The minimum Gasteiger partial charge on any atom is -0.486 e. The van der Waals surface area contributed by atoms with E-state index in [1.54, 1.807) is 0 Å². The van der Waals surface area contributed by atoms with Crippen molar-refractivity contribution in [1.29, 1.82) is 0 Å². The van der Waals surface area contributed by atoms with Gasteiger partial charge in [-0.25, -0.2) is 13.2 Å². The van der Waals surface area contributed by atoms with Crippen molar-refractivity contribution in [3.8, 4) is 5.75 Å². The van der Waals surface area contributed by atoms with Gasteiger partial charge in [-0.2, -0.15) is 0 Å². The molecule has 0 fully saturated rings. The normalized spacial score (nSPS) is 10.5. The average Bonchev–Trinajstić information content (AvgIpc) is 2.34. The van der Waals surface area contributed by atoms with Crippen molar-refractivity contribution in [3.63, 3.8) is 0 Å². The summed E-state index contributed by atoms with van der Waals surface area (Å²) in [4.78, 5) is 0. The first-order valence-electron chi connectivity index (χ1n) is 5.28. The Kier molecular flexibility index (Phi) is 3.99. The van der Waals surface area contributed by atoms with Gasteiger partial charge >= 0.3 is 0 Å². The van der Waals surface area contributed by atoms with Crippen molar-refractivity contribution >= 4 is 21.6 Å². The van der Waals surface area contributed by atoms with Gasteiger partial charge in [0.2, 0.25) is 0 Å². The summed E-state index contributed by atoms with van der Waals surface area (Å²) in [6.45, 7) is -0.0266. The largest absolute Gasteiger partial charge is 0.486 e. The predicted molar refractivity (Wildman–Crippen MR) is 69.2 cm³/mol. The van der Waals surface area contributed by atoms with E-state index in [0.717, 1.165) is 12.1 Å². The Morgan fingerprint density at radius 1 is 1.05 bits per heavy atom. The minimum absolute atomic E-state index is 0.0266. The van der Waals surface area contributed by atoms with E-state index in [4.69, 9.17) is 10.5 Å². The number of rotatable bonds is 3. The average molecular weight is 332 g/mol. The van der Waals surface area contributed by atoms with Crippen LogP contribution in [0, 0.1) is 17.5 Å². The minimum atomic E-state index is -0.755. The lowest BCUT2D eigenvalue weighted by Crippen LogP contribution is -2.01. The molecular weight excluding hydrogens is 323 g/mol. The topological polar surface area (TPSA) is 35.2 Å². The third kappa shape index (κ3) is 3.20. The molecule has 2 aromatic carbocycles. The molecule has 19 heavy (non-hydrogen) atoms. The molecule has 0 atom stereocenters. The number of nitrogens with two attached hydrogens (primary N) is 1. The van der Waals surface area contributed by atoms with Crippen molar-refractivity contribution in [1.82, 2.24) is 0 Å². The van der Waals surface area contributed by atoms with Gasteiger partial charge in [0.15, 0.2) is 11.6 Å². The van der Waals surface area contributed by atoms with E-state index < -0.39 is 17.5 Å². The van der Waals surface area contributed by atoms with Crippen molar-refractivity contribution in [3.05, 3.63) is 57.8 Å². The third-order valence-corrected chi connectivity index (χ3v) is 3.19. The summed E-state index contributed by atoms with van der Waals surface area (Å²) >= 11 is 3.16. The third-order valence-electron chi connectivity index (χ3n) is 2.45. The van der Waals surface area contributed by atoms with E-state index in [-0.39, 0.29) is 18.0 Å². The molecule has 0 amide bonds. The second-order valence-electron chi connectivity index (χ2n) is 3.83. The second-order valence-corrected chi connectivity index (χ2v) is 4.68. The predicted octanol–water partition coefficient (Wildman–Crippen LogP) is 4.03. The molecule has 0 radical (unpaired) electrons. The van der Waals surface area contributed by atoms with Crippen LogP contribution in [0.2, 0.25) is 0 Å².